The fraction of sp³-hybridized carbons (Fsp3) is 0.462. The maximum atomic E-state index is 11.9. The Morgan fingerprint density at radius 3 is 2.29 bits per heavy atom. The zero-order valence-corrected chi connectivity index (χ0v) is 9.27. The van der Waals surface area contributed by atoms with E-state index in [1.807, 2.05) is 13.0 Å². The molecule has 0 spiro atoms. The summed E-state index contributed by atoms with van der Waals surface area (Å²) in [4.78, 5) is 11.9. The second kappa shape index (κ2) is 2.69. The Kier molecular flexibility index (Phi) is 1.82. The van der Waals surface area contributed by atoms with E-state index in [0.717, 1.165) is 11.1 Å². The number of aryl methyl sites for hydroxylation is 2. The number of hydrogen-bond donors (Lipinski definition) is 0. The second-order valence-corrected chi connectivity index (χ2v) is 4.93. The molecule has 0 aromatic heterocycles. The standard InChI is InChI=1S/C13H16O/c1-8-5-6-9(2)12-11(8)10(14)7-13(12,3)4/h5-6H,7H2,1-4H3. The molecule has 0 atom stereocenters. The van der Waals surface area contributed by atoms with Crippen LogP contribution >= 0.6 is 0 Å². The van der Waals surface area contributed by atoms with E-state index in [1.165, 1.54) is 11.1 Å². The predicted molar refractivity (Wildman–Crippen MR) is 57.9 cm³/mol. The fourth-order valence-corrected chi connectivity index (χ4v) is 2.62. The summed E-state index contributed by atoms with van der Waals surface area (Å²) >= 11 is 0. The molecule has 0 saturated heterocycles. The first-order chi connectivity index (χ1) is 6.43. The van der Waals surface area contributed by atoms with Crippen LogP contribution < -0.4 is 0 Å². The summed E-state index contributed by atoms with van der Waals surface area (Å²) in [5.74, 6) is 0.311. The summed E-state index contributed by atoms with van der Waals surface area (Å²) in [5.41, 5.74) is 4.66. The normalized spacial score (nSPS) is 18.4. The van der Waals surface area contributed by atoms with Crippen molar-refractivity contribution in [3.63, 3.8) is 0 Å². The molecule has 0 bridgehead atoms. The highest BCUT2D eigenvalue weighted by molar-refractivity contribution is 6.03. The van der Waals surface area contributed by atoms with E-state index in [1.54, 1.807) is 0 Å². The molecule has 0 unspecified atom stereocenters. The molecule has 0 aliphatic heterocycles. The van der Waals surface area contributed by atoms with Crippen LogP contribution in [0.4, 0.5) is 0 Å². The molecule has 0 fully saturated rings. The summed E-state index contributed by atoms with van der Waals surface area (Å²) < 4.78 is 0. The lowest BCUT2D eigenvalue weighted by molar-refractivity contribution is 0.0979. The lowest BCUT2D eigenvalue weighted by Gasteiger charge is -2.20. The van der Waals surface area contributed by atoms with Gasteiger partial charge in [0.05, 0.1) is 0 Å². The molecule has 2 rings (SSSR count). The van der Waals surface area contributed by atoms with Gasteiger partial charge in [-0.15, -0.1) is 0 Å². The summed E-state index contributed by atoms with van der Waals surface area (Å²) in [7, 11) is 0. The van der Waals surface area contributed by atoms with Crippen molar-refractivity contribution in [2.45, 2.75) is 39.5 Å². The molecular formula is C13H16O. The number of fused-ring (bicyclic) bond motifs is 1. The van der Waals surface area contributed by atoms with Gasteiger partial charge in [-0.3, -0.25) is 4.79 Å². The van der Waals surface area contributed by atoms with Gasteiger partial charge in [-0.05, 0) is 36.0 Å². The van der Waals surface area contributed by atoms with E-state index >= 15 is 0 Å². The third-order valence-electron chi connectivity index (χ3n) is 3.18. The van der Waals surface area contributed by atoms with Gasteiger partial charge in [0.1, 0.15) is 0 Å². The molecular weight excluding hydrogens is 172 g/mol. The second-order valence-electron chi connectivity index (χ2n) is 4.93. The number of carbonyl (C=O) groups excluding carboxylic acids is 1. The summed E-state index contributed by atoms with van der Waals surface area (Å²) in [6.45, 7) is 8.43. The minimum atomic E-state index is 0.0303. The van der Waals surface area contributed by atoms with Gasteiger partial charge in [0.2, 0.25) is 0 Å². The van der Waals surface area contributed by atoms with Crippen LogP contribution in [-0.4, -0.2) is 5.78 Å². The molecule has 1 nitrogen and oxygen atoms in total. The minimum Gasteiger partial charge on any atom is -0.294 e. The van der Waals surface area contributed by atoms with Gasteiger partial charge in [0.25, 0.3) is 0 Å². The maximum Gasteiger partial charge on any atom is 0.164 e. The predicted octanol–water partition coefficient (Wildman–Crippen LogP) is 3.17. The van der Waals surface area contributed by atoms with Gasteiger partial charge in [-0.1, -0.05) is 26.0 Å². The van der Waals surface area contributed by atoms with Crippen LogP contribution in [0.25, 0.3) is 0 Å². The van der Waals surface area contributed by atoms with Crippen molar-refractivity contribution < 1.29 is 4.79 Å². The SMILES string of the molecule is Cc1ccc(C)c2c1C(=O)CC2(C)C. The van der Waals surface area contributed by atoms with Crippen LogP contribution in [0.2, 0.25) is 0 Å². The van der Waals surface area contributed by atoms with Gasteiger partial charge in [-0.2, -0.15) is 0 Å². The Hall–Kier alpha value is -1.11. The van der Waals surface area contributed by atoms with Gasteiger partial charge in [-0.25, -0.2) is 0 Å². The minimum absolute atomic E-state index is 0.0303. The van der Waals surface area contributed by atoms with Crippen LogP contribution in [0.3, 0.4) is 0 Å². The van der Waals surface area contributed by atoms with Crippen molar-refractivity contribution in [2.75, 3.05) is 0 Å². The Balaban J connectivity index is 2.80. The molecule has 0 heterocycles. The Morgan fingerprint density at radius 1 is 1.14 bits per heavy atom. The molecule has 1 aromatic rings. The van der Waals surface area contributed by atoms with Crippen molar-refractivity contribution in [2.24, 2.45) is 0 Å². The van der Waals surface area contributed by atoms with Crippen molar-refractivity contribution in [1.82, 2.24) is 0 Å². The quantitative estimate of drug-likeness (QED) is 0.611. The molecule has 74 valence electrons. The zero-order valence-electron chi connectivity index (χ0n) is 9.27. The molecule has 1 aromatic carbocycles. The fourth-order valence-electron chi connectivity index (χ4n) is 2.62. The first kappa shape index (κ1) is 9.45. The molecule has 0 amide bonds. The largest absolute Gasteiger partial charge is 0.294 e. The van der Waals surface area contributed by atoms with Crippen molar-refractivity contribution in [3.05, 3.63) is 34.4 Å². The van der Waals surface area contributed by atoms with Gasteiger partial charge in [0, 0.05) is 12.0 Å². The van der Waals surface area contributed by atoms with Crippen LogP contribution in [0.15, 0.2) is 12.1 Å². The summed E-state index contributed by atoms with van der Waals surface area (Å²) in [6, 6.07) is 4.17. The smallest absolute Gasteiger partial charge is 0.164 e. The molecule has 14 heavy (non-hydrogen) atoms. The highest BCUT2D eigenvalue weighted by Crippen LogP contribution is 2.41. The van der Waals surface area contributed by atoms with Crippen LogP contribution in [0.5, 0.6) is 0 Å². The number of ketones is 1. The van der Waals surface area contributed by atoms with E-state index in [9.17, 15) is 4.79 Å². The van der Waals surface area contributed by atoms with E-state index < -0.39 is 0 Å². The topological polar surface area (TPSA) is 17.1 Å². The summed E-state index contributed by atoms with van der Waals surface area (Å²) in [6.07, 6.45) is 0.661. The molecule has 0 saturated carbocycles. The molecule has 1 heteroatoms. The monoisotopic (exact) mass is 188 g/mol. The number of benzene rings is 1. The van der Waals surface area contributed by atoms with Gasteiger partial charge in [0.15, 0.2) is 5.78 Å². The average molecular weight is 188 g/mol. The van der Waals surface area contributed by atoms with E-state index in [2.05, 4.69) is 26.8 Å². The van der Waals surface area contributed by atoms with Gasteiger partial charge >= 0.3 is 0 Å². The number of carbonyl (C=O) groups is 1. The number of rotatable bonds is 0. The van der Waals surface area contributed by atoms with Gasteiger partial charge < -0.3 is 0 Å². The zero-order chi connectivity index (χ0) is 10.5. The maximum absolute atomic E-state index is 11.9. The van der Waals surface area contributed by atoms with E-state index in [0.29, 0.717) is 12.2 Å². The Morgan fingerprint density at radius 2 is 1.71 bits per heavy atom. The van der Waals surface area contributed by atoms with Crippen molar-refractivity contribution >= 4 is 5.78 Å². The highest BCUT2D eigenvalue weighted by atomic mass is 16.1. The number of Topliss-reactive ketones (excluding diaryl/α,β-unsaturated/α-hetero) is 1. The van der Waals surface area contributed by atoms with Crippen molar-refractivity contribution in [1.29, 1.82) is 0 Å². The molecule has 1 aliphatic rings. The summed E-state index contributed by atoms with van der Waals surface area (Å²) in [5, 5.41) is 0. The highest BCUT2D eigenvalue weighted by Gasteiger charge is 2.37. The third-order valence-corrected chi connectivity index (χ3v) is 3.18. The Labute approximate surface area is 85.1 Å². The van der Waals surface area contributed by atoms with Crippen LogP contribution in [0.1, 0.15) is 47.3 Å². The lowest BCUT2D eigenvalue weighted by Crippen LogP contribution is -2.14. The Bertz CT molecular complexity index is 413. The van der Waals surface area contributed by atoms with E-state index in [4.69, 9.17) is 0 Å². The number of hydrogen-bond acceptors (Lipinski definition) is 1. The first-order valence-electron chi connectivity index (χ1n) is 5.07. The van der Waals surface area contributed by atoms with Crippen LogP contribution in [0, 0.1) is 13.8 Å². The molecule has 0 N–H and O–H groups in total. The van der Waals surface area contributed by atoms with Crippen LogP contribution in [-0.2, 0) is 5.41 Å². The lowest BCUT2D eigenvalue weighted by atomic mass is 9.83. The molecule has 0 radical (unpaired) electrons. The molecule has 1 aliphatic carbocycles. The first-order valence-corrected chi connectivity index (χ1v) is 5.07. The third kappa shape index (κ3) is 1.12. The average Bonchev–Trinajstić information content (AvgIpc) is 2.30. The van der Waals surface area contributed by atoms with Crippen molar-refractivity contribution in [3.8, 4) is 0 Å². The van der Waals surface area contributed by atoms with E-state index in [-0.39, 0.29) is 5.41 Å².